The normalized spacial score (nSPS) is 13.2. The molecule has 1 atom stereocenters. The second-order valence-corrected chi connectivity index (χ2v) is 9.77. The van der Waals surface area contributed by atoms with Gasteiger partial charge in [-0.1, -0.05) is 37.3 Å². The second-order valence-electron chi connectivity index (χ2n) is 7.22. The Labute approximate surface area is 167 Å². The lowest BCUT2D eigenvalue weighted by atomic mass is 9.97. The van der Waals surface area contributed by atoms with E-state index in [0.717, 1.165) is 53.8 Å². The van der Waals surface area contributed by atoms with E-state index in [2.05, 4.69) is 48.3 Å². The summed E-state index contributed by atoms with van der Waals surface area (Å²) >= 11 is 0. The van der Waals surface area contributed by atoms with E-state index in [1.165, 1.54) is 12.2 Å². The third-order valence-electron chi connectivity index (χ3n) is 4.84. The molecule has 0 aliphatic carbocycles. The first-order chi connectivity index (χ1) is 13.5. The molecule has 0 radical (unpaired) electrons. The molecule has 4 nitrogen and oxygen atoms in total. The van der Waals surface area contributed by atoms with Crippen molar-refractivity contribution < 1.29 is 9.46 Å². The van der Waals surface area contributed by atoms with Gasteiger partial charge in [0.05, 0.1) is 5.69 Å². The van der Waals surface area contributed by atoms with Gasteiger partial charge < -0.3 is 4.89 Å². The van der Waals surface area contributed by atoms with Crippen LogP contribution in [0.1, 0.15) is 31.0 Å². The largest absolute Gasteiger partial charge is 0.344 e. The monoisotopic (exact) mass is 394 g/mol. The molecule has 2 heterocycles. The minimum atomic E-state index is -2.93. The maximum Gasteiger partial charge on any atom is 0.197 e. The van der Waals surface area contributed by atoms with Crippen LogP contribution in [-0.2, 0) is 17.4 Å². The first kappa shape index (κ1) is 20.4. The van der Waals surface area contributed by atoms with Crippen molar-refractivity contribution in [1.82, 2.24) is 9.97 Å². The van der Waals surface area contributed by atoms with Crippen molar-refractivity contribution in [2.45, 2.75) is 32.6 Å². The van der Waals surface area contributed by atoms with Gasteiger partial charge in [0.25, 0.3) is 0 Å². The molecule has 0 saturated carbocycles. The molecule has 0 saturated heterocycles. The highest BCUT2D eigenvalue weighted by atomic mass is 31.2. The van der Waals surface area contributed by atoms with Crippen LogP contribution in [0.15, 0.2) is 60.9 Å². The van der Waals surface area contributed by atoms with E-state index < -0.39 is 7.37 Å². The van der Waals surface area contributed by atoms with Crippen molar-refractivity contribution in [2.75, 3.05) is 12.8 Å². The summed E-state index contributed by atoms with van der Waals surface area (Å²) < 4.78 is 11.4. The molecule has 1 unspecified atom stereocenters. The molecule has 3 aromatic rings. The average Bonchev–Trinajstić information content (AvgIpc) is 2.71. The maximum atomic E-state index is 11.4. The summed E-state index contributed by atoms with van der Waals surface area (Å²) in [5.41, 5.74) is 6.56. The molecule has 1 N–H and O–H groups in total. The van der Waals surface area contributed by atoms with Crippen LogP contribution in [0.25, 0.3) is 22.4 Å². The van der Waals surface area contributed by atoms with Gasteiger partial charge >= 0.3 is 0 Å². The first-order valence-electron chi connectivity index (χ1n) is 9.75. The predicted molar refractivity (Wildman–Crippen MR) is 116 cm³/mol. The van der Waals surface area contributed by atoms with Gasteiger partial charge in [0.2, 0.25) is 0 Å². The van der Waals surface area contributed by atoms with E-state index in [0.29, 0.717) is 6.16 Å². The van der Waals surface area contributed by atoms with Gasteiger partial charge in [-0.05, 0) is 55.0 Å². The van der Waals surface area contributed by atoms with Crippen LogP contribution in [-0.4, -0.2) is 27.7 Å². The first-order valence-corrected chi connectivity index (χ1v) is 12.0. The Morgan fingerprint density at radius 3 is 2.29 bits per heavy atom. The summed E-state index contributed by atoms with van der Waals surface area (Å²) in [7, 11) is -2.93. The zero-order chi connectivity index (χ0) is 20.0. The van der Waals surface area contributed by atoms with E-state index in [1.807, 2.05) is 12.1 Å². The summed E-state index contributed by atoms with van der Waals surface area (Å²) in [4.78, 5) is 18.5. The minimum absolute atomic E-state index is 0.367. The molecule has 28 heavy (non-hydrogen) atoms. The summed E-state index contributed by atoms with van der Waals surface area (Å²) in [5.74, 6) is 0. The van der Waals surface area contributed by atoms with Gasteiger partial charge in [0, 0.05) is 42.0 Å². The van der Waals surface area contributed by atoms with Crippen LogP contribution >= 0.6 is 7.37 Å². The molecule has 0 fully saturated rings. The molecular weight excluding hydrogens is 367 g/mol. The molecule has 146 valence electrons. The highest BCUT2D eigenvalue weighted by Crippen LogP contribution is 2.36. The number of aryl methyl sites for hydroxylation is 2. The molecule has 0 aliphatic heterocycles. The number of aromatic nitrogens is 2. The quantitative estimate of drug-likeness (QED) is 0.399. The smallest absolute Gasteiger partial charge is 0.197 e. The molecule has 0 bridgehead atoms. The fourth-order valence-electron chi connectivity index (χ4n) is 3.23. The molecule has 0 amide bonds. The topological polar surface area (TPSA) is 63.1 Å². The Balaban J connectivity index is 1.88. The van der Waals surface area contributed by atoms with Gasteiger partial charge in [-0.2, -0.15) is 0 Å². The molecular formula is C23H27N2O2P. The maximum absolute atomic E-state index is 11.4. The minimum Gasteiger partial charge on any atom is -0.344 e. The van der Waals surface area contributed by atoms with E-state index >= 15 is 0 Å². The lowest BCUT2D eigenvalue weighted by molar-refractivity contribution is 0.482. The Kier molecular flexibility index (Phi) is 6.77. The Hall–Kier alpha value is -2.29. The van der Waals surface area contributed by atoms with Crippen molar-refractivity contribution in [3.8, 4) is 22.4 Å². The number of benzene rings is 1. The number of pyridine rings is 2. The van der Waals surface area contributed by atoms with Gasteiger partial charge in [-0.25, -0.2) is 0 Å². The van der Waals surface area contributed by atoms with E-state index in [-0.39, 0.29) is 0 Å². The molecule has 0 spiro atoms. The van der Waals surface area contributed by atoms with Crippen LogP contribution in [0.5, 0.6) is 0 Å². The standard InChI is InChI=1S/C23H27N2O2P/c1-3-18-7-9-19(10-8-18)22-12-11-21(6-4-5-17-28(2,26)27)25-23(22)20-13-15-24-16-14-20/h7-16H,3-6,17H2,1-2H3,(H,26,27). The number of hydrogen-bond acceptors (Lipinski definition) is 3. The summed E-state index contributed by atoms with van der Waals surface area (Å²) in [5, 5.41) is 0. The van der Waals surface area contributed by atoms with E-state index in [9.17, 15) is 9.46 Å². The predicted octanol–water partition coefficient (Wildman–Crippen LogP) is 5.60. The summed E-state index contributed by atoms with van der Waals surface area (Å²) in [6, 6.07) is 16.8. The Morgan fingerprint density at radius 1 is 0.929 bits per heavy atom. The fraction of sp³-hybridized carbons (Fsp3) is 0.304. The fourth-order valence-corrected chi connectivity index (χ4v) is 4.04. The van der Waals surface area contributed by atoms with Crippen LogP contribution < -0.4 is 0 Å². The third-order valence-corrected chi connectivity index (χ3v) is 5.98. The van der Waals surface area contributed by atoms with Crippen LogP contribution in [0.4, 0.5) is 0 Å². The zero-order valence-corrected chi connectivity index (χ0v) is 17.4. The molecule has 0 aliphatic rings. The van der Waals surface area contributed by atoms with Crippen molar-refractivity contribution in [3.05, 3.63) is 72.2 Å². The Bertz CT molecular complexity index is 950. The highest BCUT2D eigenvalue weighted by Gasteiger charge is 2.12. The van der Waals surface area contributed by atoms with Crippen molar-refractivity contribution >= 4 is 7.37 Å². The van der Waals surface area contributed by atoms with E-state index in [1.54, 1.807) is 12.4 Å². The number of unbranched alkanes of at least 4 members (excludes halogenated alkanes) is 1. The van der Waals surface area contributed by atoms with Gasteiger partial charge in [-0.3, -0.25) is 14.5 Å². The van der Waals surface area contributed by atoms with Crippen molar-refractivity contribution in [3.63, 3.8) is 0 Å². The zero-order valence-electron chi connectivity index (χ0n) is 16.5. The van der Waals surface area contributed by atoms with Crippen molar-refractivity contribution in [1.29, 1.82) is 0 Å². The van der Waals surface area contributed by atoms with Gasteiger partial charge in [0.1, 0.15) is 0 Å². The van der Waals surface area contributed by atoms with Crippen LogP contribution in [0.2, 0.25) is 0 Å². The summed E-state index contributed by atoms with van der Waals surface area (Å²) in [6.45, 7) is 3.58. The second kappa shape index (κ2) is 9.27. The van der Waals surface area contributed by atoms with Gasteiger partial charge in [-0.15, -0.1) is 0 Å². The Morgan fingerprint density at radius 2 is 1.64 bits per heavy atom. The lowest BCUT2D eigenvalue weighted by Gasteiger charge is -2.12. The number of rotatable bonds is 8. The van der Waals surface area contributed by atoms with Gasteiger partial charge in [0.15, 0.2) is 7.37 Å². The molecule has 3 rings (SSSR count). The third kappa shape index (κ3) is 5.60. The highest BCUT2D eigenvalue weighted by molar-refractivity contribution is 7.57. The lowest BCUT2D eigenvalue weighted by Crippen LogP contribution is -1.97. The van der Waals surface area contributed by atoms with Crippen LogP contribution in [0.3, 0.4) is 0 Å². The number of nitrogens with zero attached hydrogens (tertiary/aromatic N) is 2. The molecule has 2 aromatic heterocycles. The van der Waals surface area contributed by atoms with Crippen LogP contribution in [0, 0.1) is 0 Å². The van der Waals surface area contributed by atoms with E-state index in [4.69, 9.17) is 4.98 Å². The molecule has 1 aromatic carbocycles. The van der Waals surface area contributed by atoms with Crippen molar-refractivity contribution in [2.24, 2.45) is 0 Å². The molecule has 5 heteroatoms. The summed E-state index contributed by atoms with van der Waals surface area (Å²) in [6.07, 6.45) is 7.34. The average molecular weight is 394 g/mol. The SMILES string of the molecule is CCc1ccc(-c2ccc(CCCCP(C)(=O)O)nc2-c2ccncc2)cc1. The number of hydrogen-bond donors (Lipinski definition) is 1.